The molecule has 0 fully saturated rings. The number of nitrogens with two attached hydrogens (primary N) is 1. The summed E-state index contributed by atoms with van der Waals surface area (Å²) >= 11 is 0. The summed E-state index contributed by atoms with van der Waals surface area (Å²) in [6.07, 6.45) is 2.10. The van der Waals surface area contributed by atoms with Gasteiger partial charge in [-0.3, -0.25) is 4.79 Å². The molecule has 0 spiro atoms. The van der Waals surface area contributed by atoms with E-state index in [1.807, 2.05) is 6.92 Å². The van der Waals surface area contributed by atoms with Crippen molar-refractivity contribution in [1.82, 2.24) is 0 Å². The Hall–Kier alpha value is -0.530. The molecule has 0 unspecified atom stereocenters. The van der Waals surface area contributed by atoms with Crippen LogP contribution in [-0.4, -0.2) is 5.91 Å². The third-order valence-electron chi connectivity index (χ3n) is 2.12. The minimum absolute atomic E-state index is 0.0266. The lowest BCUT2D eigenvalue weighted by Gasteiger charge is -2.16. The molecule has 2 N–H and O–H groups in total. The summed E-state index contributed by atoms with van der Waals surface area (Å²) in [6, 6.07) is 0. The number of amides is 1. The maximum absolute atomic E-state index is 10.7. The number of hydrogen-bond donors (Lipinski definition) is 1. The van der Waals surface area contributed by atoms with Gasteiger partial charge in [0, 0.05) is 5.92 Å². The first kappa shape index (κ1) is 11.5. The number of rotatable bonds is 5. The Morgan fingerprint density at radius 2 is 1.67 bits per heavy atom. The summed E-state index contributed by atoms with van der Waals surface area (Å²) in [6.45, 7) is 8.48. The smallest absolute Gasteiger partial charge is 0.220 e. The molecule has 0 heterocycles. The molecule has 0 aromatic heterocycles. The average Bonchev–Trinajstić information content (AvgIpc) is 1.84. The molecule has 0 aliphatic rings. The van der Waals surface area contributed by atoms with Crippen LogP contribution in [0.5, 0.6) is 0 Å². The van der Waals surface area contributed by atoms with Crippen LogP contribution < -0.4 is 5.73 Å². The topological polar surface area (TPSA) is 43.1 Å². The molecule has 0 aliphatic carbocycles. The van der Waals surface area contributed by atoms with Gasteiger partial charge in [-0.15, -0.1) is 0 Å². The molecule has 0 saturated heterocycles. The van der Waals surface area contributed by atoms with Crippen molar-refractivity contribution in [3.8, 4) is 0 Å². The third kappa shape index (κ3) is 5.16. The summed E-state index contributed by atoms with van der Waals surface area (Å²) in [5, 5.41) is 0. The van der Waals surface area contributed by atoms with Crippen molar-refractivity contribution < 1.29 is 4.79 Å². The van der Waals surface area contributed by atoms with Crippen LogP contribution in [0.3, 0.4) is 0 Å². The van der Waals surface area contributed by atoms with Crippen LogP contribution in [0.2, 0.25) is 0 Å². The van der Waals surface area contributed by atoms with Gasteiger partial charge in [0.25, 0.3) is 0 Å². The molecule has 1 amide bonds. The third-order valence-corrected chi connectivity index (χ3v) is 2.12. The number of carbonyl (C=O) groups is 1. The van der Waals surface area contributed by atoms with Crippen molar-refractivity contribution in [2.75, 3.05) is 0 Å². The van der Waals surface area contributed by atoms with Gasteiger partial charge in [-0.1, -0.05) is 27.7 Å². The predicted molar refractivity (Wildman–Crippen MR) is 51.6 cm³/mol. The molecule has 0 aliphatic heterocycles. The van der Waals surface area contributed by atoms with Crippen molar-refractivity contribution in [3.63, 3.8) is 0 Å². The SMILES string of the molecule is CC(C)C[C@H](C)C[C@@H](C)C(N)=O. The largest absolute Gasteiger partial charge is 0.369 e. The Balaban J connectivity index is 3.68. The van der Waals surface area contributed by atoms with Crippen molar-refractivity contribution in [2.45, 2.75) is 40.5 Å². The zero-order valence-electron chi connectivity index (χ0n) is 8.63. The fraction of sp³-hybridized carbons (Fsp3) is 0.900. The van der Waals surface area contributed by atoms with E-state index >= 15 is 0 Å². The molecular formula is C10H21NO. The Bertz CT molecular complexity index is 143. The van der Waals surface area contributed by atoms with Gasteiger partial charge in [0.1, 0.15) is 0 Å². The second kappa shape index (κ2) is 5.18. The molecule has 72 valence electrons. The van der Waals surface area contributed by atoms with E-state index in [1.165, 1.54) is 6.42 Å². The first-order chi connectivity index (χ1) is 5.43. The molecule has 0 aromatic carbocycles. The van der Waals surface area contributed by atoms with Crippen LogP contribution in [0.1, 0.15) is 40.5 Å². The molecular weight excluding hydrogens is 150 g/mol. The Morgan fingerprint density at radius 1 is 1.17 bits per heavy atom. The highest BCUT2D eigenvalue weighted by molar-refractivity contribution is 5.76. The van der Waals surface area contributed by atoms with Crippen LogP contribution in [0.15, 0.2) is 0 Å². The van der Waals surface area contributed by atoms with E-state index in [0.717, 1.165) is 6.42 Å². The van der Waals surface area contributed by atoms with Gasteiger partial charge >= 0.3 is 0 Å². The van der Waals surface area contributed by atoms with Gasteiger partial charge in [0.05, 0.1) is 0 Å². The first-order valence-electron chi connectivity index (χ1n) is 4.72. The number of carbonyl (C=O) groups excluding carboxylic acids is 1. The zero-order chi connectivity index (χ0) is 9.72. The van der Waals surface area contributed by atoms with Gasteiger partial charge < -0.3 is 5.73 Å². The van der Waals surface area contributed by atoms with Crippen LogP contribution in [0, 0.1) is 17.8 Å². The minimum atomic E-state index is -0.175. The van der Waals surface area contributed by atoms with Crippen molar-refractivity contribution >= 4 is 5.91 Å². The summed E-state index contributed by atoms with van der Waals surface area (Å²) in [5.74, 6) is 1.16. The second-order valence-electron chi connectivity index (χ2n) is 4.27. The Kier molecular flexibility index (Phi) is 4.95. The maximum atomic E-state index is 10.7. The first-order valence-corrected chi connectivity index (χ1v) is 4.72. The van der Waals surface area contributed by atoms with E-state index < -0.39 is 0 Å². The van der Waals surface area contributed by atoms with E-state index in [0.29, 0.717) is 11.8 Å². The van der Waals surface area contributed by atoms with Crippen LogP contribution in [0.4, 0.5) is 0 Å². The van der Waals surface area contributed by atoms with Crippen LogP contribution in [-0.2, 0) is 4.79 Å². The number of primary amides is 1. The summed E-state index contributed by atoms with van der Waals surface area (Å²) in [7, 11) is 0. The van der Waals surface area contributed by atoms with Gasteiger partial charge in [-0.2, -0.15) is 0 Å². The highest BCUT2D eigenvalue weighted by Crippen LogP contribution is 2.18. The quantitative estimate of drug-likeness (QED) is 0.677. The highest BCUT2D eigenvalue weighted by atomic mass is 16.1. The lowest BCUT2D eigenvalue weighted by atomic mass is 9.90. The fourth-order valence-electron chi connectivity index (χ4n) is 1.62. The summed E-state index contributed by atoms with van der Waals surface area (Å²) in [4.78, 5) is 10.7. The molecule has 0 aromatic rings. The van der Waals surface area contributed by atoms with Gasteiger partial charge in [0.2, 0.25) is 5.91 Å². The van der Waals surface area contributed by atoms with Crippen molar-refractivity contribution in [2.24, 2.45) is 23.5 Å². The average molecular weight is 171 g/mol. The lowest BCUT2D eigenvalue weighted by Crippen LogP contribution is -2.22. The monoisotopic (exact) mass is 171 g/mol. The predicted octanol–water partition coefficient (Wildman–Crippen LogP) is 2.18. The molecule has 2 heteroatoms. The standard InChI is InChI=1S/C10H21NO/c1-7(2)5-8(3)6-9(4)10(11)12/h7-9H,5-6H2,1-4H3,(H2,11,12)/t8-,9+/m0/s1. The minimum Gasteiger partial charge on any atom is -0.369 e. The normalized spacial score (nSPS) is 16.1. The van der Waals surface area contributed by atoms with Crippen molar-refractivity contribution in [1.29, 1.82) is 0 Å². The van der Waals surface area contributed by atoms with E-state index in [9.17, 15) is 4.79 Å². The van der Waals surface area contributed by atoms with Gasteiger partial charge in [0.15, 0.2) is 0 Å². The zero-order valence-corrected chi connectivity index (χ0v) is 8.63. The van der Waals surface area contributed by atoms with E-state index in [4.69, 9.17) is 5.73 Å². The molecule has 2 atom stereocenters. The van der Waals surface area contributed by atoms with E-state index in [2.05, 4.69) is 20.8 Å². The summed E-state index contributed by atoms with van der Waals surface area (Å²) < 4.78 is 0. The molecule has 0 saturated carbocycles. The maximum Gasteiger partial charge on any atom is 0.220 e. The molecule has 2 nitrogen and oxygen atoms in total. The summed E-state index contributed by atoms with van der Waals surface area (Å²) in [5.41, 5.74) is 5.18. The Labute approximate surface area is 75.5 Å². The molecule has 12 heavy (non-hydrogen) atoms. The van der Waals surface area contributed by atoms with E-state index in [-0.39, 0.29) is 11.8 Å². The molecule has 0 rings (SSSR count). The fourth-order valence-corrected chi connectivity index (χ4v) is 1.62. The van der Waals surface area contributed by atoms with Crippen LogP contribution in [0.25, 0.3) is 0 Å². The second-order valence-corrected chi connectivity index (χ2v) is 4.27. The number of hydrogen-bond acceptors (Lipinski definition) is 1. The lowest BCUT2D eigenvalue weighted by molar-refractivity contribution is -0.121. The van der Waals surface area contributed by atoms with Gasteiger partial charge in [-0.25, -0.2) is 0 Å². The molecule has 0 bridgehead atoms. The van der Waals surface area contributed by atoms with Crippen molar-refractivity contribution in [3.05, 3.63) is 0 Å². The molecule has 0 radical (unpaired) electrons. The van der Waals surface area contributed by atoms with Crippen LogP contribution >= 0.6 is 0 Å². The van der Waals surface area contributed by atoms with E-state index in [1.54, 1.807) is 0 Å². The van der Waals surface area contributed by atoms with Gasteiger partial charge in [-0.05, 0) is 24.7 Å². The highest BCUT2D eigenvalue weighted by Gasteiger charge is 2.13. The Morgan fingerprint density at radius 3 is 2.00 bits per heavy atom.